The van der Waals surface area contributed by atoms with Crippen LogP contribution in [0, 0.1) is 17.2 Å². The van der Waals surface area contributed by atoms with Crippen LogP contribution in [-0.4, -0.2) is 55.1 Å². The molecule has 1 aliphatic rings. The molecule has 6 nitrogen and oxygen atoms in total. The van der Waals surface area contributed by atoms with Crippen molar-refractivity contribution in [2.75, 3.05) is 26.9 Å². The van der Waals surface area contributed by atoms with Gasteiger partial charge in [0.1, 0.15) is 0 Å². The molecule has 0 radical (unpaired) electrons. The van der Waals surface area contributed by atoms with Crippen LogP contribution in [0.5, 0.6) is 0 Å². The summed E-state index contributed by atoms with van der Waals surface area (Å²) in [5, 5.41) is 17.8. The Bertz CT molecular complexity index is 316. The zero-order valence-electron chi connectivity index (χ0n) is 10.8. The van der Waals surface area contributed by atoms with Crippen LogP contribution >= 0.6 is 0 Å². The summed E-state index contributed by atoms with van der Waals surface area (Å²) < 4.78 is 10.6. The summed E-state index contributed by atoms with van der Waals surface area (Å²) in [5.74, 6) is 0.0447. The van der Waals surface area contributed by atoms with Crippen molar-refractivity contribution in [1.29, 1.82) is 5.26 Å². The number of hydrogen-bond acceptors (Lipinski definition) is 4. The minimum Gasteiger partial charge on any atom is -0.465 e. The van der Waals surface area contributed by atoms with Crippen molar-refractivity contribution in [2.24, 2.45) is 5.92 Å². The summed E-state index contributed by atoms with van der Waals surface area (Å²) in [4.78, 5) is 12.4. The topological polar surface area (TPSA) is 82.8 Å². The Morgan fingerprint density at radius 2 is 2.28 bits per heavy atom. The van der Waals surface area contributed by atoms with E-state index in [9.17, 15) is 4.79 Å². The molecule has 0 saturated carbocycles. The lowest BCUT2D eigenvalue weighted by Crippen LogP contribution is -2.36. The number of likely N-dealkylation sites (tertiary alicyclic amines) is 1. The van der Waals surface area contributed by atoms with Crippen molar-refractivity contribution in [3.8, 4) is 6.07 Å². The van der Waals surface area contributed by atoms with Crippen molar-refractivity contribution in [3.63, 3.8) is 0 Å². The first-order valence-corrected chi connectivity index (χ1v) is 6.08. The fourth-order valence-electron chi connectivity index (χ4n) is 2.28. The molecule has 3 atom stereocenters. The van der Waals surface area contributed by atoms with Crippen molar-refractivity contribution in [3.05, 3.63) is 0 Å². The van der Waals surface area contributed by atoms with Gasteiger partial charge in [0.05, 0.1) is 31.2 Å². The minimum absolute atomic E-state index is 0.0447. The number of amides is 1. The number of hydrogen-bond donors (Lipinski definition) is 1. The van der Waals surface area contributed by atoms with Crippen LogP contribution in [0.2, 0.25) is 0 Å². The summed E-state index contributed by atoms with van der Waals surface area (Å²) in [6.45, 7) is 3.46. The Hall–Kier alpha value is -1.32. The maximum absolute atomic E-state index is 11.1. The molecule has 0 spiro atoms. The highest BCUT2D eigenvalue weighted by atomic mass is 16.5. The van der Waals surface area contributed by atoms with E-state index in [1.165, 1.54) is 4.90 Å². The molecule has 1 amide bonds. The molecular formula is C12H20N2O4. The lowest BCUT2D eigenvalue weighted by molar-refractivity contribution is 0.0253. The Balaban J connectivity index is 2.51. The second-order valence-corrected chi connectivity index (χ2v) is 4.48. The number of methoxy groups -OCH3 is 1. The summed E-state index contributed by atoms with van der Waals surface area (Å²) >= 11 is 0. The van der Waals surface area contributed by atoms with Gasteiger partial charge in [-0.3, -0.25) is 0 Å². The van der Waals surface area contributed by atoms with Gasteiger partial charge < -0.3 is 19.5 Å². The highest BCUT2D eigenvalue weighted by Crippen LogP contribution is 2.28. The van der Waals surface area contributed by atoms with E-state index in [4.69, 9.17) is 19.8 Å². The van der Waals surface area contributed by atoms with Gasteiger partial charge in [-0.2, -0.15) is 5.26 Å². The minimum atomic E-state index is -0.981. The Morgan fingerprint density at radius 1 is 1.56 bits per heavy atom. The van der Waals surface area contributed by atoms with Gasteiger partial charge in [0, 0.05) is 26.2 Å². The Kier molecular flexibility index (Phi) is 5.89. The molecule has 1 fully saturated rings. The van der Waals surface area contributed by atoms with E-state index < -0.39 is 6.09 Å². The summed E-state index contributed by atoms with van der Waals surface area (Å²) in [7, 11) is 1.63. The molecule has 18 heavy (non-hydrogen) atoms. The van der Waals surface area contributed by atoms with Gasteiger partial charge in [-0.05, 0) is 6.42 Å². The van der Waals surface area contributed by atoms with Crippen LogP contribution in [0.1, 0.15) is 19.8 Å². The lowest BCUT2D eigenvalue weighted by Gasteiger charge is -2.21. The van der Waals surface area contributed by atoms with Crippen LogP contribution < -0.4 is 0 Å². The largest absolute Gasteiger partial charge is 0.465 e. The molecular weight excluding hydrogens is 236 g/mol. The van der Waals surface area contributed by atoms with E-state index in [-0.39, 0.29) is 24.5 Å². The molecule has 1 heterocycles. The number of ether oxygens (including phenoxy) is 2. The van der Waals surface area contributed by atoms with E-state index in [2.05, 4.69) is 0 Å². The molecule has 0 aromatic heterocycles. The van der Waals surface area contributed by atoms with Crippen LogP contribution in [0.4, 0.5) is 4.79 Å². The Morgan fingerprint density at radius 3 is 2.83 bits per heavy atom. The third-order valence-electron chi connectivity index (χ3n) is 3.34. The zero-order valence-corrected chi connectivity index (χ0v) is 10.8. The third-order valence-corrected chi connectivity index (χ3v) is 3.34. The smallest absolute Gasteiger partial charge is 0.407 e. The van der Waals surface area contributed by atoms with Crippen molar-refractivity contribution in [1.82, 2.24) is 4.90 Å². The average Bonchev–Trinajstić information content (AvgIpc) is 2.64. The van der Waals surface area contributed by atoms with Gasteiger partial charge >= 0.3 is 6.09 Å². The highest BCUT2D eigenvalue weighted by molar-refractivity contribution is 5.66. The van der Waals surface area contributed by atoms with E-state index >= 15 is 0 Å². The molecule has 0 unspecified atom stereocenters. The molecule has 1 saturated heterocycles. The first-order chi connectivity index (χ1) is 8.61. The van der Waals surface area contributed by atoms with Gasteiger partial charge in [0.15, 0.2) is 0 Å². The normalized spacial score (nSPS) is 27.2. The van der Waals surface area contributed by atoms with Gasteiger partial charge in [-0.15, -0.1) is 0 Å². The van der Waals surface area contributed by atoms with Crippen LogP contribution in [0.3, 0.4) is 0 Å². The van der Waals surface area contributed by atoms with Gasteiger partial charge in [-0.25, -0.2) is 4.79 Å². The highest BCUT2D eigenvalue weighted by Gasteiger charge is 2.41. The van der Waals surface area contributed by atoms with E-state index in [1.54, 1.807) is 7.11 Å². The summed E-state index contributed by atoms with van der Waals surface area (Å²) in [6, 6.07) is 1.78. The van der Waals surface area contributed by atoms with Gasteiger partial charge in [0.2, 0.25) is 0 Å². The lowest BCUT2D eigenvalue weighted by atomic mass is 9.98. The molecule has 0 bridgehead atoms. The molecule has 1 rings (SSSR count). The maximum atomic E-state index is 11.1. The standard InChI is InChI=1S/C12H20N2O4/c1-9-10(4-5-13)14(12(15)16)8-11(9)18-7-3-6-17-2/h9-11H,3-4,6-8H2,1-2H3,(H,15,16)/t9-,10-,11-/m0/s1. The van der Waals surface area contributed by atoms with Crippen molar-refractivity contribution in [2.45, 2.75) is 31.9 Å². The fourth-order valence-corrected chi connectivity index (χ4v) is 2.28. The number of carbonyl (C=O) groups is 1. The van der Waals surface area contributed by atoms with Crippen LogP contribution in [0.25, 0.3) is 0 Å². The van der Waals surface area contributed by atoms with Crippen LogP contribution in [-0.2, 0) is 9.47 Å². The molecule has 1 N–H and O–H groups in total. The third kappa shape index (κ3) is 3.59. The molecule has 6 heteroatoms. The van der Waals surface area contributed by atoms with E-state index in [1.807, 2.05) is 13.0 Å². The molecule has 1 aliphatic heterocycles. The van der Waals surface area contributed by atoms with Gasteiger partial charge in [0.25, 0.3) is 0 Å². The molecule has 102 valence electrons. The van der Waals surface area contributed by atoms with Crippen molar-refractivity contribution >= 4 is 6.09 Å². The van der Waals surface area contributed by atoms with E-state index in [0.29, 0.717) is 19.8 Å². The maximum Gasteiger partial charge on any atom is 0.407 e. The number of rotatable bonds is 6. The molecule has 0 aliphatic carbocycles. The summed E-state index contributed by atoms with van der Waals surface area (Å²) in [6.07, 6.45) is -0.109. The molecule has 0 aromatic carbocycles. The van der Waals surface area contributed by atoms with E-state index in [0.717, 1.165) is 6.42 Å². The average molecular weight is 256 g/mol. The Labute approximate surface area is 107 Å². The van der Waals surface area contributed by atoms with Crippen LogP contribution in [0.15, 0.2) is 0 Å². The molecule has 0 aromatic rings. The second kappa shape index (κ2) is 7.19. The number of nitrogens with zero attached hydrogens (tertiary/aromatic N) is 2. The summed E-state index contributed by atoms with van der Waals surface area (Å²) in [5.41, 5.74) is 0. The first-order valence-electron chi connectivity index (χ1n) is 6.08. The van der Waals surface area contributed by atoms with Gasteiger partial charge in [-0.1, -0.05) is 6.92 Å². The first kappa shape index (κ1) is 14.7. The number of nitriles is 1. The quantitative estimate of drug-likeness (QED) is 0.725. The monoisotopic (exact) mass is 256 g/mol. The second-order valence-electron chi connectivity index (χ2n) is 4.48. The zero-order chi connectivity index (χ0) is 13.5. The predicted molar refractivity (Wildman–Crippen MR) is 64.1 cm³/mol. The fraction of sp³-hybridized carbons (Fsp3) is 0.833. The predicted octanol–water partition coefficient (Wildman–Crippen LogP) is 1.32. The van der Waals surface area contributed by atoms with Crippen molar-refractivity contribution < 1.29 is 19.4 Å². The number of carboxylic acid groups (broad SMARTS) is 1. The SMILES string of the molecule is COCCCO[C@H]1CN(C(=O)O)[C@@H](CC#N)[C@@H]1C.